The van der Waals surface area contributed by atoms with E-state index in [0.717, 1.165) is 36.4 Å². The van der Waals surface area contributed by atoms with Gasteiger partial charge in [0.1, 0.15) is 0 Å². The molecule has 1 aliphatic rings. The summed E-state index contributed by atoms with van der Waals surface area (Å²) in [6, 6.07) is 6.69. The van der Waals surface area contributed by atoms with Gasteiger partial charge >= 0.3 is 0 Å². The van der Waals surface area contributed by atoms with E-state index in [9.17, 15) is 0 Å². The van der Waals surface area contributed by atoms with E-state index in [1.54, 1.807) is 0 Å². The van der Waals surface area contributed by atoms with Crippen molar-refractivity contribution >= 4 is 16.9 Å². The van der Waals surface area contributed by atoms with Crippen molar-refractivity contribution < 1.29 is 0 Å². The number of fused-ring (bicyclic) bond motifs is 1. The SMILES string of the molecule is Cc1ccc2cnc(NC3CCNC3)nc2c1. The first-order chi connectivity index (χ1) is 8.31. The number of anilines is 1. The third kappa shape index (κ3) is 2.22. The standard InChI is InChI=1S/C13H16N4/c1-9-2-3-10-7-15-13(17-12(10)6-9)16-11-4-5-14-8-11/h2-3,6-7,11,14H,4-5,8H2,1H3,(H,15,16,17). The number of nitrogens with one attached hydrogen (secondary N) is 2. The van der Waals surface area contributed by atoms with Crippen LogP contribution >= 0.6 is 0 Å². The summed E-state index contributed by atoms with van der Waals surface area (Å²) in [6.45, 7) is 4.15. The largest absolute Gasteiger partial charge is 0.350 e. The highest BCUT2D eigenvalue weighted by Gasteiger charge is 2.14. The Labute approximate surface area is 100 Å². The molecule has 1 atom stereocenters. The van der Waals surface area contributed by atoms with Gasteiger partial charge in [0.05, 0.1) is 5.52 Å². The van der Waals surface area contributed by atoms with Crippen LogP contribution in [0.15, 0.2) is 24.4 Å². The molecule has 0 aliphatic carbocycles. The van der Waals surface area contributed by atoms with Gasteiger partial charge in [0.25, 0.3) is 0 Å². The molecule has 4 heteroatoms. The molecule has 0 radical (unpaired) electrons. The van der Waals surface area contributed by atoms with E-state index in [4.69, 9.17) is 0 Å². The maximum absolute atomic E-state index is 4.55. The van der Waals surface area contributed by atoms with Crippen molar-refractivity contribution in [2.24, 2.45) is 0 Å². The summed E-state index contributed by atoms with van der Waals surface area (Å²) in [5, 5.41) is 7.78. The van der Waals surface area contributed by atoms with Gasteiger partial charge in [-0.15, -0.1) is 0 Å². The monoisotopic (exact) mass is 228 g/mol. The molecule has 1 aromatic carbocycles. The second-order valence-corrected chi connectivity index (χ2v) is 4.59. The minimum absolute atomic E-state index is 0.456. The quantitative estimate of drug-likeness (QED) is 0.821. The first-order valence-electron chi connectivity index (χ1n) is 6.02. The minimum Gasteiger partial charge on any atom is -0.350 e. The van der Waals surface area contributed by atoms with Gasteiger partial charge in [-0.2, -0.15) is 0 Å². The van der Waals surface area contributed by atoms with Gasteiger partial charge in [0.15, 0.2) is 0 Å². The molecular weight excluding hydrogens is 212 g/mol. The normalized spacial score (nSPS) is 19.7. The van der Waals surface area contributed by atoms with Crippen LogP contribution < -0.4 is 10.6 Å². The fourth-order valence-corrected chi connectivity index (χ4v) is 2.16. The number of aryl methyl sites for hydroxylation is 1. The van der Waals surface area contributed by atoms with Crippen molar-refractivity contribution in [3.05, 3.63) is 30.0 Å². The number of nitrogens with zero attached hydrogens (tertiary/aromatic N) is 2. The van der Waals surface area contributed by atoms with Crippen molar-refractivity contribution in [1.82, 2.24) is 15.3 Å². The Hall–Kier alpha value is -1.68. The minimum atomic E-state index is 0.456. The topological polar surface area (TPSA) is 49.8 Å². The first-order valence-corrected chi connectivity index (χ1v) is 6.02. The van der Waals surface area contributed by atoms with Crippen LogP contribution in [0.3, 0.4) is 0 Å². The van der Waals surface area contributed by atoms with Gasteiger partial charge in [0, 0.05) is 24.2 Å². The highest BCUT2D eigenvalue weighted by Crippen LogP contribution is 2.15. The lowest BCUT2D eigenvalue weighted by Gasteiger charge is -2.11. The molecule has 3 rings (SSSR count). The summed E-state index contributed by atoms with van der Waals surface area (Å²) >= 11 is 0. The summed E-state index contributed by atoms with van der Waals surface area (Å²) in [4.78, 5) is 8.90. The highest BCUT2D eigenvalue weighted by atomic mass is 15.1. The Morgan fingerprint density at radius 1 is 1.41 bits per heavy atom. The van der Waals surface area contributed by atoms with Crippen LogP contribution in [0.4, 0.5) is 5.95 Å². The van der Waals surface area contributed by atoms with E-state index in [1.165, 1.54) is 5.56 Å². The molecule has 0 saturated carbocycles. The number of rotatable bonds is 2. The third-order valence-corrected chi connectivity index (χ3v) is 3.13. The maximum atomic E-state index is 4.55. The summed E-state index contributed by atoms with van der Waals surface area (Å²) in [7, 11) is 0. The van der Waals surface area contributed by atoms with Crippen LogP contribution in [0.2, 0.25) is 0 Å². The average molecular weight is 228 g/mol. The maximum Gasteiger partial charge on any atom is 0.223 e. The van der Waals surface area contributed by atoms with E-state index in [2.05, 4.69) is 45.7 Å². The fraction of sp³-hybridized carbons (Fsp3) is 0.385. The van der Waals surface area contributed by atoms with Gasteiger partial charge in [-0.05, 0) is 31.5 Å². The predicted molar refractivity (Wildman–Crippen MR) is 69.2 cm³/mol. The number of hydrogen-bond donors (Lipinski definition) is 2. The zero-order chi connectivity index (χ0) is 11.7. The number of hydrogen-bond acceptors (Lipinski definition) is 4. The molecule has 0 spiro atoms. The molecule has 1 fully saturated rings. The Kier molecular flexibility index (Phi) is 2.65. The van der Waals surface area contributed by atoms with Crippen molar-refractivity contribution in [2.75, 3.05) is 18.4 Å². The Bertz CT molecular complexity index is 532. The van der Waals surface area contributed by atoms with E-state index in [0.29, 0.717) is 6.04 Å². The summed E-state index contributed by atoms with van der Waals surface area (Å²) in [5.41, 5.74) is 2.23. The summed E-state index contributed by atoms with van der Waals surface area (Å²) in [6.07, 6.45) is 3.02. The van der Waals surface area contributed by atoms with Crippen molar-refractivity contribution in [1.29, 1.82) is 0 Å². The smallest absolute Gasteiger partial charge is 0.223 e. The second-order valence-electron chi connectivity index (χ2n) is 4.59. The van der Waals surface area contributed by atoms with Crippen LogP contribution in [0.25, 0.3) is 10.9 Å². The molecule has 4 nitrogen and oxygen atoms in total. The lowest BCUT2D eigenvalue weighted by Crippen LogP contribution is -2.23. The highest BCUT2D eigenvalue weighted by molar-refractivity contribution is 5.79. The van der Waals surface area contributed by atoms with Crippen molar-refractivity contribution in [2.45, 2.75) is 19.4 Å². The molecule has 1 aliphatic heterocycles. The lowest BCUT2D eigenvalue weighted by atomic mass is 10.2. The predicted octanol–water partition coefficient (Wildman–Crippen LogP) is 1.71. The number of aromatic nitrogens is 2. The average Bonchev–Trinajstić information content (AvgIpc) is 2.81. The molecule has 1 saturated heterocycles. The van der Waals surface area contributed by atoms with E-state index < -0.39 is 0 Å². The lowest BCUT2D eigenvalue weighted by molar-refractivity contribution is 0.782. The molecule has 2 aromatic rings. The zero-order valence-corrected chi connectivity index (χ0v) is 9.90. The molecule has 1 unspecified atom stereocenters. The first kappa shape index (κ1) is 10.5. The number of benzene rings is 1. The fourth-order valence-electron chi connectivity index (χ4n) is 2.16. The zero-order valence-electron chi connectivity index (χ0n) is 9.90. The van der Waals surface area contributed by atoms with Crippen LogP contribution in [0.5, 0.6) is 0 Å². The second kappa shape index (κ2) is 4.30. The molecule has 17 heavy (non-hydrogen) atoms. The van der Waals surface area contributed by atoms with Gasteiger partial charge in [0.2, 0.25) is 5.95 Å². The van der Waals surface area contributed by atoms with Crippen LogP contribution in [-0.2, 0) is 0 Å². The van der Waals surface area contributed by atoms with Crippen molar-refractivity contribution in [3.8, 4) is 0 Å². The Morgan fingerprint density at radius 2 is 2.35 bits per heavy atom. The molecule has 1 aromatic heterocycles. The summed E-state index contributed by atoms with van der Waals surface area (Å²) < 4.78 is 0. The van der Waals surface area contributed by atoms with Gasteiger partial charge in [-0.25, -0.2) is 9.97 Å². The Morgan fingerprint density at radius 3 is 3.18 bits per heavy atom. The van der Waals surface area contributed by atoms with E-state index >= 15 is 0 Å². The molecular formula is C13H16N4. The summed E-state index contributed by atoms with van der Waals surface area (Å²) in [5.74, 6) is 0.733. The molecule has 2 N–H and O–H groups in total. The molecule has 2 heterocycles. The van der Waals surface area contributed by atoms with Crippen molar-refractivity contribution in [3.63, 3.8) is 0 Å². The third-order valence-electron chi connectivity index (χ3n) is 3.13. The molecule has 0 bridgehead atoms. The van der Waals surface area contributed by atoms with E-state index in [-0.39, 0.29) is 0 Å². The Balaban J connectivity index is 1.89. The molecule has 88 valence electrons. The van der Waals surface area contributed by atoms with Gasteiger partial charge < -0.3 is 10.6 Å². The van der Waals surface area contributed by atoms with E-state index in [1.807, 2.05) is 6.20 Å². The van der Waals surface area contributed by atoms with Crippen LogP contribution in [0, 0.1) is 6.92 Å². The van der Waals surface area contributed by atoms with Crippen LogP contribution in [0.1, 0.15) is 12.0 Å². The van der Waals surface area contributed by atoms with Gasteiger partial charge in [-0.1, -0.05) is 12.1 Å². The van der Waals surface area contributed by atoms with Crippen LogP contribution in [-0.4, -0.2) is 29.1 Å². The van der Waals surface area contributed by atoms with Gasteiger partial charge in [-0.3, -0.25) is 0 Å². The molecule has 0 amide bonds.